The summed E-state index contributed by atoms with van der Waals surface area (Å²) < 4.78 is 77.5. The Morgan fingerprint density at radius 1 is 0.852 bits per heavy atom. The second-order valence-corrected chi connectivity index (χ2v) is 6.19. The lowest BCUT2D eigenvalue weighted by atomic mass is 10.1. The lowest BCUT2D eigenvalue weighted by molar-refractivity contribution is -0.143. The number of thiocarbonyl (C=S) groups is 1. The molecule has 0 amide bonds. The van der Waals surface area contributed by atoms with Crippen LogP contribution in [0.1, 0.15) is 11.1 Å². The van der Waals surface area contributed by atoms with Gasteiger partial charge in [-0.15, -0.1) is 0 Å². The van der Waals surface area contributed by atoms with Crippen LogP contribution in [-0.4, -0.2) is 19.2 Å². The summed E-state index contributed by atoms with van der Waals surface area (Å²) >= 11 is 5.03. The van der Waals surface area contributed by atoms with Crippen molar-refractivity contribution in [1.29, 1.82) is 0 Å². The lowest BCUT2D eigenvalue weighted by Crippen LogP contribution is -2.22. The van der Waals surface area contributed by atoms with Crippen LogP contribution < -0.4 is 15.5 Å². The summed E-state index contributed by atoms with van der Waals surface area (Å²) in [4.78, 5) is 1.77. The highest BCUT2D eigenvalue weighted by molar-refractivity contribution is 7.80. The maximum atomic E-state index is 12.9. The van der Waals surface area contributed by atoms with E-state index in [0.717, 1.165) is 5.69 Å². The molecule has 0 atom stereocenters. The molecular formula is C17H15F6N3S. The molecule has 3 nitrogen and oxygen atoms in total. The Bertz CT molecular complexity index is 798. The molecule has 27 heavy (non-hydrogen) atoms. The molecule has 2 aromatic rings. The predicted molar refractivity (Wildman–Crippen MR) is 97.1 cm³/mol. The van der Waals surface area contributed by atoms with Gasteiger partial charge in [-0.05, 0) is 42.5 Å². The van der Waals surface area contributed by atoms with Crippen molar-refractivity contribution in [1.82, 2.24) is 0 Å². The summed E-state index contributed by atoms with van der Waals surface area (Å²) in [5, 5.41) is 5.01. The van der Waals surface area contributed by atoms with Crippen molar-refractivity contribution in [2.45, 2.75) is 12.4 Å². The molecule has 0 aliphatic carbocycles. The molecule has 2 aromatic carbocycles. The van der Waals surface area contributed by atoms with Gasteiger partial charge in [0.25, 0.3) is 0 Å². The van der Waals surface area contributed by atoms with E-state index < -0.39 is 29.2 Å². The third-order valence-electron chi connectivity index (χ3n) is 3.48. The topological polar surface area (TPSA) is 27.3 Å². The van der Waals surface area contributed by atoms with E-state index in [1.807, 2.05) is 0 Å². The Labute approximate surface area is 157 Å². The molecule has 0 aliphatic rings. The van der Waals surface area contributed by atoms with Crippen molar-refractivity contribution >= 4 is 34.4 Å². The highest BCUT2D eigenvalue weighted by atomic mass is 32.1. The molecule has 2 N–H and O–H groups in total. The van der Waals surface area contributed by atoms with Crippen LogP contribution in [0.15, 0.2) is 42.5 Å². The van der Waals surface area contributed by atoms with Gasteiger partial charge in [0.15, 0.2) is 5.11 Å². The summed E-state index contributed by atoms with van der Waals surface area (Å²) in [6.07, 6.45) is -9.85. The first-order valence-electron chi connectivity index (χ1n) is 7.52. The summed E-state index contributed by atoms with van der Waals surface area (Å²) in [6.45, 7) is 0. The van der Waals surface area contributed by atoms with Crippen LogP contribution in [0.3, 0.4) is 0 Å². The highest BCUT2D eigenvalue weighted by Gasteiger charge is 2.37. The molecule has 0 aliphatic heterocycles. The molecule has 0 spiro atoms. The zero-order chi connectivity index (χ0) is 20.4. The van der Waals surface area contributed by atoms with Gasteiger partial charge in [-0.2, -0.15) is 26.3 Å². The molecule has 0 heterocycles. The second-order valence-electron chi connectivity index (χ2n) is 5.79. The number of hydrogen-bond donors (Lipinski definition) is 2. The van der Waals surface area contributed by atoms with E-state index in [2.05, 4.69) is 10.6 Å². The summed E-state index contributed by atoms with van der Waals surface area (Å²) in [7, 11) is 3.55. The van der Waals surface area contributed by atoms with Crippen molar-refractivity contribution < 1.29 is 26.3 Å². The number of nitrogens with zero attached hydrogens (tertiary/aromatic N) is 1. The first-order valence-corrected chi connectivity index (χ1v) is 7.92. The van der Waals surface area contributed by atoms with Gasteiger partial charge in [0.05, 0.1) is 22.5 Å². The number of benzene rings is 2. The lowest BCUT2D eigenvalue weighted by Gasteiger charge is -2.20. The minimum Gasteiger partial charge on any atom is -0.376 e. The first kappa shape index (κ1) is 20.8. The van der Waals surface area contributed by atoms with Crippen molar-refractivity contribution in [3.05, 3.63) is 53.6 Å². The molecule has 0 bridgehead atoms. The van der Waals surface area contributed by atoms with Crippen LogP contribution in [0, 0.1) is 0 Å². The van der Waals surface area contributed by atoms with Gasteiger partial charge in [-0.3, -0.25) is 0 Å². The molecular weight excluding hydrogens is 392 g/mol. The van der Waals surface area contributed by atoms with Crippen molar-refractivity contribution in [3.8, 4) is 0 Å². The molecule has 0 aromatic heterocycles. The molecule has 2 rings (SSSR count). The van der Waals surface area contributed by atoms with Gasteiger partial charge in [0, 0.05) is 19.8 Å². The standard InChI is InChI=1S/C17H15F6N3S/c1-26(2)14-6-4-3-5-13(14)25-15(27)24-12-8-10(16(18,19)20)7-11(9-12)17(21,22)23/h3-9H,1-2H3,(H2,24,25,27). The van der Waals surface area contributed by atoms with E-state index in [1.54, 1.807) is 43.3 Å². The van der Waals surface area contributed by atoms with E-state index >= 15 is 0 Å². The van der Waals surface area contributed by atoms with Crippen LogP contribution in [0.4, 0.5) is 43.4 Å². The zero-order valence-corrected chi connectivity index (χ0v) is 15.0. The fraction of sp³-hybridized carbons (Fsp3) is 0.235. The molecule has 10 heteroatoms. The van der Waals surface area contributed by atoms with Crippen LogP contribution in [0.25, 0.3) is 0 Å². The van der Waals surface area contributed by atoms with Crippen LogP contribution in [-0.2, 0) is 12.4 Å². The Kier molecular flexibility index (Phi) is 5.88. The SMILES string of the molecule is CN(C)c1ccccc1NC(=S)Nc1cc(C(F)(F)F)cc(C(F)(F)F)c1. The molecule has 0 saturated heterocycles. The Morgan fingerprint density at radius 2 is 1.37 bits per heavy atom. The van der Waals surface area contributed by atoms with Crippen molar-refractivity contribution in [2.75, 3.05) is 29.6 Å². The molecule has 0 unspecified atom stereocenters. The summed E-state index contributed by atoms with van der Waals surface area (Å²) in [6, 6.07) is 8.14. The van der Waals surface area contributed by atoms with E-state index in [1.165, 1.54) is 0 Å². The number of hydrogen-bond acceptors (Lipinski definition) is 2. The molecule has 146 valence electrons. The average Bonchev–Trinajstić information content (AvgIpc) is 2.53. The number of para-hydroxylation sites is 2. The maximum absolute atomic E-state index is 12.9. The molecule has 0 fully saturated rings. The number of halogens is 6. The van der Waals surface area contributed by atoms with E-state index in [9.17, 15) is 26.3 Å². The maximum Gasteiger partial charge on any atom is 0.416 e. The third kappa shape index (κ3) is 5.49. The van der Waals surface area contributed by atoms with Crippen LogP contribution >= 0.6 is 12.2 Å². The van der Waals surface area contributed by atoms with Gasteiger partial charge in [0.2, 0.25) is 0 Å². The highest BCUT2D eigenvalue weighted by Crippen LogP contribution is 2.37. The number of nitrogens with one attached hydrogen (secondary N) is 2. The van der Waals surface area contributed by atoms with Crippen LogP contribution in [0.5, 0.6) is 0 Å². The fourth-order valence-electron chi connectivity index (χ4n) is 2.28. The number of rotatable bonds is 3. The van der Waals surface area contributed by atoms with Gasteiger partial charge in [-0.25, -0.2) is 0 Å². The smallest absolute Gasteiger partial charge is 0.376 e. The normalized spacial score (nSPS) is 11.9. The largest absolute Gasteiger partial charge is 0.416 e. The van der Waals surface area contributed by atoms with E-state index in [4.69, 9.17) is 12.2 Å². The van der Waals surface area contributed by atoms with Gasteiger partial charge in [0.1, 0.15) is 0 Å². The van der Waals surface area contributed by atoms with E-state index in [-0.39, 0.29) is 11.2 Å². The monoisotopic (exact) mass is 407 g/mol. The van der Waals surface area contributed by atoms with Gasteiger partial charge >= 0.3 is 12.4 Å². The first-order chi connectivity index (χ1) is 12.4. The Balaban J connectivity index is 2.30. The number of anilines is 3. The average molecular weight is 407 g/mol. The third-order valence-corrected chi connectivity index (χ3v) is 3.68. The second kappa shape index (κ2) is 7.63. The zero-order valence-electron chi connectivity index (χ0n) is 14.2. The Morgan fingerprint density at radius 3 is 1.85 bits per heavy atom. The minimum atomic E-state index is -4.93. The quantitative estimate of drug-likeness (QED) is 0.512. The molecule has 0 saturated carbocycles. The number of alkyl halides is 6. The minimum absolute atomic E-state index is 0.0585. The summed E-state index contributed by atoms with van der Waals surface area (Å²) in [5.41, 5.74) is -1.98. The Hall–Kier alpha value is -2.49. The van der Waals surface area contributed by atoms with Crippen LogP contribution in [0.2, 0.25) is 0 Å². The van der Waals surface area contributed by atoms with Crippen molar-refractivity contribution in [3.63, 3.8) is 0 Å². The predicted octanol–water partition coefficient (Wildman–Crippen LogP) is 5.60. The van der Waals surface area contributed by atoms with Gasteiger partial charge < -0.3 is 15.5 Å². The fourth-order valence-corrected chi connectivity index (χ4v) is 2.51. The van der Waals surface area contributed by atoms with E-state index in [0.29, 0.717) is 17.8 Å². The van der Waals surface area contributed by atoms with Gasteiger partial charge in [-0.1, -0.05) is 12.1 Å². The molecule has 0 radical (unpaired) electrons. The van der Waals surface area contributed by atoms with Crippen molar-refractivity contribution in [2.24, 2.45) is 0 Å². The summed E-state index contributed by atoms with van der Waals surface area (Å²) in [5.74, 6) is 0.